The highest BCUT2D eigenvalue weighted by Gasteiger charge is 2.20. The molecule has 0 aliphatic carbocycles. The first-order chi connectivity index (χ1) is 7.65. The Balaban J connectivity index is 1.93. The van der Waals surface area contributed by atoms with Crippen molar-refractivity contribution in [2.24, 2.45) is 10.9 Å². The normalized spacial score (nSPS) is 28.1. The molecule has 1 aromatic heterocycles. The fraction of sp³-hybridized carbons (Fsp3) is 0.636. The van der Waals surface area contributed by atoms with Crippen molar-refractivity contribution in [3.05, 3.63) is 16.1 Å². The molecular formula is C11H17N3S2. The molecule has 2 atom stereocenters. The van der Waals surface area contributed by atoms with Crippen LogP contribution in [0, 0.1) is 12.8 Å². The molecule has 3 nitrogen and oxygen atoms in total. The number of hydrogen-bond acceptors (Lipinski definition) is 4. The fourth-order valence-corrected chi connectivity index (χ4v) is 3.28. The monoisotopic (exact) mass is 255 g/mol. The Kier molecular flexibility index (Phi) is 3.86. The van der Waals surface area contributed by atoms with Gasteiger partial charge in [0, 0.05) is 22.9 Å². The van der Waals surface area contributed by atoms with Gasteiger partial charge in [-0.25, -0.2) is 4.98 Å². The molecule has 0 saturated carbocycles. The fourth-order valence-electron chi connectivity index (χ4n) is 1.44. The summed E-state index contributed by atoms with van der Waals surface area (Å²) >= 11 is 3.54. The average Bonchev–Trinajstić information content (AvgIpc) is 2.66. The van der Waals surface area contributed by atoms with Crippen LogP contribution in [0.5, 0.6) is 0 Å². The van der Waals surface area contributed by atoms with Gasteiger partial charge >= 0.3 is 0 Å². The molecule has 5 heteroatoms. The predicted octanol–water partition coefficient (Wildman–Crippen LogP) is 2.67. The van der Waals surface area contributed by atoms with Crippen molar-refractivity contribution in [2.75, 3.05) is 5.75 Å². The maximum atomic E-state index is 4.57. The second-order valence-corrected chi connectivity index (χ2v) is 6.54. The summed E-state index contributed by atoms with van der Waals surface area (Å²) in [6.07, 6.45) is 1.91. The van der Waals surface area contributed by atoms with Gasteiger partial charge < -0.3 is 5.32 Å². The van der Waals surface area contributed by atoms with Gasteiger partial charge in [0.25, 0.3) is 0 Å². The predicted molar refractivity (Wildman–Crippen MR) is 72.2 cm³/mol. The van der Waals surface area contributed by atoms with E-state index in [1.54, 1.807) is 11.3 Å². The lowest BCUT2D eigenvalue weighted by atomic mass is 10.1. The van der Waals surface area contributed by atoms with Crippen molar-refractivity contribution in [3.8, 4) is 0 Å². The van der Waals surface area contributed by atoms with E-state index < -0.39 is 0 Å². The molecule has 1 aliphatic rings. The van der Waals surface area contributed by atoms with Gasteiger partial charge in [0.2, 0.25) is 0 Å². The summed E-state index contributed by atoms with van der Waals surface area (Å²) in [6.45, 7) is 7.26. The summed E-state index contributed by atoms with van der Waals surface area (Å²) in [5.41, 5.74) is 0. The average molecular weight is 255 g/mol. The number of rotatable bonds is 2. The van der Waals surface area contributed by atoms with Gasteiger partial charge in [-0.1, -0.05) is 18.7 Å². The molecule has 0 radical (unpaired) electrons. The van der Waals surface area contributed by atoms with Gasteiger partial charge in [0.1, 0.15) is 5.01 Å². The van der Waals surface area contributed by atoms with Crippen LogP contribution in [-0.2, 0) is 6.54 Å². The van der Waals surface area contributed by atoms with Crippen LogP contribution in [0.2, 0.25) is 0 Å². The first-order valence-electron chi connectivity index (χ1n) is 5.50. The van der Waals surface area contributed by atoms with E-state index in [9.17, 15) is 0 Å². The molecule has 1 aliphatic heterocycles. The van der Waals surface area contributed by atoms with Crippen molar-refractivity contribution < 1.29 is 0 Å². The molecule has 1 N–H and O–H groups in total. The standard InChI is InChI=1S/C11H17N3S2/c1-7-6-15-11(14-9(7)3)13-5-10-12-4-8(2)16-10/h4,7,9H,5-6H2,1-3H3,(H,13,14). The Labute approximate surface area is 105 Å². The van der Waals surface area contributed by atoms with E-state index in [4.69, 9.17) is 0 Å². The molecule has 1 fully saturated rings. The van der Waals surface area contributed by atoms with E-state index >= 15 is 0 Å². The number of aromatic nitrogens is 1. The Morgan fingerprint density at radius 2 is 2.38 bits per heavy atom. The number of aryl methyl sites for hydroxylation is 1. The summed E-state index contributed by atoms with van der Waals surface area (Å²) in [4.78, 5) is 10.1. The number of thioether (sulfide) groups is 1. The third-order valence-corrected chi connectivity index (χ3v) is 4.83. The zero-order chi connectivity index (χ0) is 11.5. The maximum Gasteiger partial charge on any atom is 0.157 e. The summed E-state index contributed by atoms with van der Waals surface area (Å²) in [6, 6.07) is 0.526. The lowest BCUT2D eigenvalue weighted by Gasteiger charge is -2.28. The molecule has 0 spiro atoms. The van der Waals surface area contributed by atoms with Crippen molar-refractivity contribution in [2.45, 2.75) is 33.4 Å². The summed E-state index contributed by atoms with van der Waals surface area (Å²) in [7, 11) is 0. The van der Waals surface area contributed by atoms with Crippen LogP contribution < -0.4 is 5.32 Å². The molecule has 0 aromatic carbocycles. The number of thiazole rings is 1. The molecule has 2 rings (SSSR count). The molecule has 2 heterocycles. The van der Waals surface area contributed by atoms with Crippen molar-refractivity contribution in [3.63, 3.8) is 0 Å². The summed E-state index contributed by atoms with van der Waals surface area (Å²) in [5, 5.41) is 5.60. The van der Waals surface area contributed by atoms with Crippen molar-refractivity contribution in [1.29, 1.82) is 0 Å². The van der Waals surface area contributed by atoms with Gasteiger partial charge in [-0.05, 0) is 19.8 Å². The summed E-state index contributed by atoms with van der Waals surface area (Å²) in [5.74, 6) is 1.87. The van der Waals surface area contributed by atoms with E-state index in [-0.39, 0.29) is 0 Å². The van der Waals surface area contributed by atoms with Crippen LogP contribution in [0.4, 0.5) is 0 Å². The molecule has 1 saturated heterocycles. The molecule has 88 valence electrons. The largest absolute Gasteiger partial charge is 0.362 e. The number of hydrogen-bond donors (Lipinski definition) is 1. The van der Waals surface area contributed by atoms with Gasteiger partial charge in [-0.15, -0.1) is 11.3 Å². The van der Waals surface area contributed by atoms with E-state index in [0.29, 0.717) is 18.5 Å². The maximum absolute atomic E-state index is 4.57. The van der Waals surface area contributed by atoms with Crippen LogP contribution in [0.25, 0.3) is 0 Å². The number of nitrogens with zero attached hydrogens (tertiary/aromatic N) is 2. The molecule has 16 heavy (non-hydrogen) atoms. The number of amidine groups is 1. The Hall–Kier alpha value is -0.550. The van der Waals surface area contributed by atoms with Gasteiger partial charge in [-0.3, -0.25) is 4.99 Å². The minimum atomic E-state index is 0.526. The van der Waals surface area contributed by atoms with Crippen LogP contribution in [0.15, 0.2) is 11.2 Å². The van der Waals surface area contributed by atoms with Crippen LogP contribution in [0.1, 0.15) is 23.7 Å². The Bertz CT molecular complexity index is 386. The minimum absolute atomic E-state index is 0.526. The highest BCUT2D eigenvalue weighted by molar-refractivity contribution is 8.13. The van der Waals surface area contributed by atoms with Crippen LogP contribution in [0.3, 0.4) is 0 Å². The zero-order valence-electron chi connectivity index (χ0n) is 9.86. The van der Waals surface area contributed by atoms with Gasteiger partial charge in [0.15, 0.2) is 5.17 Å². The molecule has 2 unspecified atom stereocenters. The quantitative estimate of drug-likeness (QED) is 0.883. The second-order valence-electron chi connectivity index (χ2n) is 4.21. The van der Waals surface area contributed by atoms with Gasteiger partial charge in [0.05, 0.1) is 6.54 Å². The molecule has 0 amide bonds. The zero-order valence-corrected chi connectivity index (χ0v) is 11.5. The smallest absolute Gasteiger partial charge is 0.157 e. The van der Waals surface area contributed by atoms with E-state index in [0.717, 1.165) is 15.9 Å². The lowest BCUT2D eigenvalue weighted by molar-refractivity contribution is 0.490. The highest BCUT2D eigenvalue weighted by atomic mass is 32.2. The first kappa shape index (κ1) is 11.9. The SMILES string of the molecule is Cc1cnc(CN=C2NC(C)C(C)CS2)s1. The minimum Gasteiger partial charge on any atom is -0.362 e. The van der Waals surface area contributed by atoms with Crippen LogP contribution >= 0.6 is 23.1 Å². The van der Waals surface area contributed by atoms with E-state index in [1.807, 2.05) is 18.0 Å². The van der Waals surface area contributed by atoms with Gasteiger partial charge in [-0.2, -0.15) is 0 Å². The molecule has 0 bridgehead atoms. The lowest BCUT2D eigenvalue weighted by Crippen LogP contribution is -2.41. The molecule has 1 aromatic rings. The number of nitrogens with one attached hydrogen (secondary N) is 1. The second kappa shape index (κ2) is 5.19. The number of aliphatic imine (C=N–C) groups is 1. The van der Waals surface area contributed by atoms with E-state index in [1.165, 1.54) is 4.88 Å². The Morgan fingerprint density at radius 3 is 3.00 bits per heavy atom. The third-order valence-electron chi connectivity index (χ3n) is 2.71. The topological polar surface area (TPSA) is 37.3 Å². The highest BCUT2D eigenvalue weighted by Crippen LogP contribution is 2.20. The van der Waals surface area contributed by atoms with Crippen molar-refractivity contribution in [1.82, 2.24) is 10.3 Å². The Morgan fingerprint density at radius 1 is 1.56 bits per heavy atom. The third kappa shape index (κ3) is 2.98. The van der Waals surface area contributed by atoms with Crippen molar-refractivity contribution >= 4 is 28.3 Å². The summed E-state index contributed by atoms with van der Waals surface area (Å²) < 4.78 is 0. The van der Waals surface area contributed by atoms with Crippen LogP contribution in [-0.4, -0.2) is 21.9 Å². The molecular weight excluding hydrogens is 238 g/mol. The van der Waals surface area contributed by atoms with E-state index in [2.05, 4.69) is 36.1 Å². The first-order valence-corrected chi connectivity index (χ1v) is 7.30.